The first-order valence-corrected chi connectivity index (χ1v) is 12.9. The van der Waals surface area contributed by atoms with E-state index in [0.29, 0.717) is 18.8 Å². The molecular formula is C28H29ClFN3O4. The number of halogens is 2. The SMILES string of the molecule is O=C(c1cn(OCCO)c(=O)c(Cl)c1NC1(c2ccccc2)CC1)N1CCC(c2ccc(F)cc2)CC1. The zero-order valence-electron chi connectivity index (χ0n) is 20.3. The fraction of sp³-hybridized carbons (Fsp3) is 0.357. The Morgan fingerprint density at radius 2 is 1.78 bits per heavy atom. The standard InChI is InChI=1S/C28H29ClFN3O4/c29-24-25(31-28(12-13-28)21-4-2-1-3-5-21)23(18-33(27(24)36)37-17-16-34)26(35)32-14-10-20(11-15-32)19-6-8-22(30)9-7-19/h1-9,18,20,31,34H,10-17H2. The molecule has 7 nitrogen and oxygen atoms in total. The number of benzene rings is 2. The van der Waals surface area contributed by atoms with Crippen LogP contribution in [0, 0.1) is 5.82 Å². The number of pyridine rings is 1. The average Bonchev–Trinajstić information content (AvgIpc) is 3.72. The van der Waals surface area contributed by atoms with E-state index in [1.165, 1.54) is 18.3 Å². The van der Waals surface area contributed by atoms with E-state index in [2.05, 4.69) is 5.32 Å². The molecule has 1 aromatic heterocycles. The molecule has 0 radical (unpaired) electrons. The minimum Gasteiger partial charge on any atom is -0.408 e. The summed E-state index contributed by atoms with van der Waals surface area (Å²) >= 11 is 6.56. The van der Waals surface area contributed by atoms with Crippen molar-refractivity contribution in [2.24, 2.45) is 0 Å². The number of likely N-dealkylation sites (tertiary alicyclic amines) is 1. The van der Waals surface area contributed by atoms with Gasteiger partial charge in [0.2, 0.25) is 0 Å². The van der Waals surface area contributed by atoms with Crippen LogP contribution < -0.4 is 15.7 Å². The summed E-state index contributed by atoms with van der Waals surface area (Å²) in [6, 6.07) is 16.4. The van der Waals surface area contributed by atoms with Gasteiger partial charge in [0.1, 0.15) is 17.4 Å². The highest BCUT2D eigenvalue weighted by Gasteiger charge is 2.45. The molecule has 2 heterocycles. The highest BCUT2D eigenvalue weighted by Crippen LogP contribution is 2.49. The van der Waals surface area contributed by atoms with E-state index in [1.807, 2.05) is 30.3 Å². The van der Waals surface area contributed by atoms with Crippen molar-refractivity contribution in [3.05, 3.63) is 98.7 Å². The quantitative estimate of drug-likeness (QED) is 0.461. The number of amides is 1. The number of carbonyl (C=O) groups is 1. The van der Waals surface area contributed by atoms with Crippen molar-refractivity contribution in [3.63, 3.8) is 0 Å². The number of aliphatic hydroxyl groups excluding tert-OH is 1. The van der Waals surface area contributed by atoms with Crippen LogP contribution in [-0.2, 0) is 5.54 Å². The number of aromatic nitrogens is 1. The summed E-state index contributed by atoms with van der Waals surface area (Å²) in [5.74, 6) is -0.289. The van der Waals surface area contributed by atoms with Crippen LogP contribution in [-0.4, -0.2) is 46.9 Å². The second-order valence-electron chi connectivity index (χ2n) is 9.61. The lowest BCUT2D eigenvalue weighted by molar-refractivity contribution is 0.0644. The number of nitrogens with one attached hydrogen (secondary N) is 1. The number of anilines is 1. The van der Waals surface area contributed by atoms with Crippen molar-refractivity contribution >= 4 is 23.2 Å². The number of hydrogen-bond acceptors (Lipinski definition) is 5. The zero-order valence-corrected chi connectivity index (χ0v) is 21.1. The molecule has 37 heavy (non-hydrogen) atoms. The van der Waals surface area contributed by atoms with Gasteiger partial charge < -0.3 is 20.2 Å². The van der Waals surface area contributed by atoms with E-state index in [9.17, 15) is 14.0 Å². The van der Waals surface area contributed by atoms with Crippen molar-refractivity contribution in [2.45, 2.75) is 37.1 Å². The lowest BCUT2D eigenvalue weighted by Gasteiger charge is -2.33. The minimum atomic E-state index is -0.604. The maximum atomic E-state index is 13.8. The highest BCUT2D eigenvalue weighted by atomic mass is 35.5. The lowest BCUT2D eigenvalue weighted by Crippen LogP contribution is -2.40. The Hall–Kier alpha value is -3.36. The normalized spacial score (nSPS) is 16.9. The molecule has 1 aliphatic carbocycles. The van der Waals surface area contributed by atoms with Crippen molar-refractivity contribution in [2.75, 3.05) is 31.6 Å². The maximum absolute atomic E-state index is 13.8. The Morgan fingerprint density at radius 1 is 1.11 bits per heavy atom. The van der Waals surface area contributed by atoms with Crippen molar-refractivity contribution in [1.82, 2.24) is 9.63 Å². The van der Waals surface area contributed by atoms with Gasteiger partial charge in [0.05, 0.1) is 29.6 Å². The number of piperidine rings is 1. The van der Waals surface area contributed by atoms with E-state index in [0.717, 1.165) is 41.5 Å². The first kappa shape index (κ1) is 25.3. The van der Waals surface area contributed by atoms with Crippen LogP contribution in [0.1, 0.15) is 53.1 Å². The van der Waals surface area contributed by atoms with Crippen molar-refractivity contribution < 1.29 is 19.1 Å². The molecule has 5 rings (SSSR count). The van der Waals surface area contributed by atoms with Crippen LogP contribution in [0.15, 0.2) is 65.6 Å². The molecule has 2 aliphatic rings. The van der Waals surface area contributed by atoms with Crippen LogP contribution in [0.3, 0.4) is 0 Å². The van der Waals surface area contributed by atoms with Gasteiger partial charge in [-0.1, -0.05) is 54.1 Å². The molecule has 0 spiro atoms. The monoisotopic (exact) mass is 525 g/mol. The third-order valence-corrected chi connectivity index (χ3v) is 7.59. The Bertz CT molecular complexity index is 1320. The van der Waals surface area contributed by atoms with Gasteiger partial charge in [-0.3, -0.25) is 9.59 Å². The van der Waals surface area contributed by atoms with E-state index in [1.54, 1.807) is 17.0 Å². The molecule has 0 bridgehead atoms. The first-order chi connectivity index (χ1) is 17.9. The molecule has 1 saturated carbocycles. The maximum Gasteiger partial charge on any atom is 0.303 e. The second-order valence-corrected chi connectivity index (χ2v) is 9.99. The van der Waals surface area contributed by atoms with Gasteiger partial charge in [-0.15, -0.1) is 0 Å². The van der Waals surface area contributed by atoms with E-state index >= 15 is 0 Å². The topological polar surface area (TPSA) is 83.8 Å². The van der Waals surface area contributed by atoms with Gasteiger partial charge in [0.25, 0.3) is 5.91 Å². The lowest BCUT2D eigenvalue weighted by atomic mass is 9.89. The average molecular weight is 526 g/mol. The van der Waals surface area contributed by atoms with E-state index < -0.39 is 11.1 Å². The smallest absolute Gasteiger partial charge is 0.303 e. The third kappa shape index (κ3) is 5.22. The molecular weight excluding hydrogens is 497 g/mol. The summed E-state index contributed by atoms with van der Waals surface area (Å²) in [7, 11) is 0. The number of aliphatic hydroxyl groups is 1. The fourth-order valence-corrected chi connectivity index (χ4v) is 5.24. The minimum absolute atomic E-state index is 0.117. The second kappa shape index (κ2) is 10.6. The predicted molar refractivity (Wildman–Crippen MR) is 139 cm³/mol. The van der Waals surface area contributed by atoms with Gasteiger partial charge in [-0.25, -0.2) is 4.39 Å². The van der Waals surface area contributed by atoms with Gasteiger partial charge in [0.15, 0.2) is 0 Å². The summed E-state index contributed by atoms with van der Waals surface area (Å²) in [6.45, 7) is 0.617. The number of rotatable bonds is 8. The molecule has 1 saturated heterocycles. The number of carbonyl (C=O) groups excluding carboxylic acids is 1. The van der Waals surface area contributed by atoms with Gasteiger partial charge in [-0.2, -0.15) is 4.73 Å². The Kier molecular flexibility index (Phi) is 7.22. The molecule has 1 aliphatic heterocycles. The summed E-state index contributed by atoms with van der Waals surface area (Å²) < 4.78 is 14.3. The van der Waals surface area contributed by atoms with E-state index in [-0.39, 0.29) is 41.4 Å². The van der Waals surface area contributed by atoms with Crippen molar-refractivity contribution in [1.29, 1.82) is 0 Å². The molecule has 2 fully saturated rings. The molecule has 1 amide bonds. The van der Waals surface area contributed by atoms with Gasteiger partial charge in [-0.05, 0) is 54.9 Å². The van der Waals surface area contributed by atoms with Gasteiger partial charge >= 0.3 is 5.56 Å². The summed E-state index contributed by atoms with van der Waals surface area (Å²) in [4.78, 5) is 33.8. The molecule has 0 unspecified atom stereocenters. The Morgan fingerprint density at radius 3 is 2.41 bits per heavy atom. The first-order valence-electron chi connectivity index (χ1n) is 12.5. The van der Waals surface area contributed by atoms with E-state index in [4.69, 9.17) is 21.5 Å². The van der Waals surface area contributed by atoms with Crippen LogP contribution in [0.5, 0.6) is 0 Å². The van der Waals surface area contributed by atoms with Gasteiger partial charge in [0, 0.05) is 13.1 Å². The Balaban J connectivity index is 1.43. The van der Waals surface area contributed by atoms with Crippen LogP contribution in [0.2, 0.25) is 5.02 Å². The highest BCUT2D eigenvalue weighted by molar-refractivity contribution is 6.34. The third-order valence-electron chi connectivity index (χ3n) is 7.24. The summed E-state index contributed by atoms with van der Waals surface area (Å²) in [6.07, 6.45) is 4.52. The number of hydrogen-bond donors (Lipinski definition) is 2. The molecule has 2 aromatic carbocycles. The summed E-state index contributed by atoms with van der Waals surface area (Å²) in [5.41, 5.74) is 1.65. The molecule has 9 heteroatoms. The number of nitrogens with zero attached hydrogens (tertiary/aromatic N) is 2. The Labute approximate surface area is 219 Å². The molecule has 2 N–H and O–H groups in total. The van der Waals surface area contributed by atoms with Crippen molar-refractivity contribution in [3.8, 4) is 0 Å². The molecule has 3 aromatic rings. The largest absolute Gasteiger partial charge is 0.408 e. The zero-order chi connectivity index (χ0) is 26.0. The van der Waals surface area contributed by atoms with Crippen LogP contribution >= 0.6 is 11.6 Å². The summed E-state index contributed by atoms with van der Waals surface area (Å²) in [5, 5.41) is 12.5. The predicted octanol–water partition coefficient (Wildman–Crippen LogP) is 4.18. The molecule has 0 atom stereocenters. The van der Waals surface area contributed by atoms with Crippen LogP contribution in [0.25, 0.3) is 0 Å². The molecule has 194 valence electrons. The van der Waals surface area contributed by atoms with Crippen LogP contribution in [0.4, 0.5) is 10.1 Å². The fourth-order valence-electron chi connectivity index (χ4n) is 5.01.